The van der Waals surface area contributed by atoms with Gasteiger partial charge < -0.3 is 4.74 Å². The maximum atomic E-state index is 13.1. The lowest BCUT2D eigenvalue weighted by Crippen LogP contribution is -2.35. The van der Waals surface area contributed by atoms with E-state index in [2.05, 4.69) is 0 Å². The third kappa shape index (κ3) is 4.38. The van der Waals surface area contributed by atoms with Gasteiger partial charge in [-0.1, -0.05) is 65.9 Å². The standard InChI is InChI=1S/C24H20ClN3O2S2/c25-18-10-8-16(9-11-18)22-17(14-28(26-22)19-5-2-1-3-6-19)13-21-23(29)27(24(31)32-21)15-20-7-4-12-30-20/h1-3,5-6,8-11,13-14,20H,4,7,12,15H2/b21-13-/t20-/m0/s1. The van der Waals surface area contributed by atoms with Crippen LogP contribution in [0.25, 0.3) is 23.0 Å². The highest BCUT2D eigenvalue weighted by molar-refractivity contribution is 8.26. The number of hydrogen-bond acceptors (Lipinski definition) is 5. The summed E-state index contributed by atoms with van der Waals surface area (Å²) >= 11 is 12.9. The molecule has 0 N–H and O–H groups in total. The summed E-state index contributed by atoms with van der Waals surface area (Å²) in [6.07, 6.45) is 5.86. The van der Waals surface area contributed by atoms with Crippen LogP contribution < -0.4 is 0 Å². The van der Waals surface area contributed by atoms with E-state index in [0.29, 0.717) is 20.8 Å². The number of thioether (sulfide) groups is 1. The SMILES string of the molecule is O=C1/C(=C/c2cn(-c3ccccc3)nc2-c2ccc(Cl)cc2)SC(=S)N1C[C@@H]1CCCO1. The summed E-state index contributed by atoms with van der Waals surface area (Å²) in [5, 5.41) is 5.47. The van der Waals surface area contributed by atoms with Gasteiger partial charge in [-0.25, -0.2) is 4.68 Å². The van der Waals surface area contributed by atoms with Gasteiger partial charge in [0.15, 0.2) is 0 Å². The number of thiocarbonyl (C=S) groups is 1. The molecule has 5 rings (SSSR count). The maximum absolute atomic E-state index is 13.1. The van der Waals surface area contributed by atoms with Crippen LogP contribution >= 0.6 is 35.6 Å². The number of aromatic nitrogens is 2. The summed E-state index contributed by atoms with van der Waals surface area (Å²) in [5.41, 5.74) is 3.47. The first-order valence-corrected chi connectivity index (χ1v) is 12.0. The Morgan fingerprint density at radius 3 is 2.69 bits per heavy atom. The van der Waals surface area contributed by atoms with E-state index in [4.69, 9.17) is 33.7 Å². The topological polar surface area (TPSA) is 47.4 Å². The van der Waals surface area contributed by atoms with E-state index in [9.17, 15) is 4.79 Å². The first-order chi connectivity index (χ1) is 15.6. The third-order valence-corrected chi connectivity index (χ3v) is 7.08. The average Bonchev–Trinajstić information content (AvgIpc) is 3.53. The molecule has 8 heteroatoms. The van der Waals surface area contributed by atoms with E-state index in [-0.39, 0.29) is 12.0 Å². The number of halogens is 1. The Morgan fingerprint density at radius 1 is 1.19 bits per heavy atom. The number of nitrogens with zero attached hydrogens (tertiary/aromatic N) is 3. The molecule has 2 aromatic carbocycles. The van der Waals surface area contributed by atoms with Gasteiger partial charge in [0.05, 0.1) is 28.9 Å². The highest BCUT2D eigenvalue weighted by atomic mass is 35.5. The fourth-order valence-electron chi connectivity index (χ4n) is 3.83. The van der Waals surface area contributed by atoms with Gasteiger partial charge in [0.1, 0.15) is 4.32 Å². The number of carbonyl (C=O) groups excluding carboxylic acids is 1. The predicted molar refractivity (Wildman–Crippen MR) is 133 cm³/mol. The van der Waals surface area contributed by atoms with Gasteiger partial charge in [0.2, 0.25) is 0 Å². The van der Waals surface area contributed by atoms with Crippen molar-refractivity contribution in [3.05, 3.63) is 76.3 Å². The van der Waals surface area contributed by atoms with Crippen LogP contribution in [0, 0.1) is 0 Å². The van der Waals surface area contributed by atoms with Crippen LogP contribution in [0.15, 0.2) is 65.7 Å². The first kappa shape index (κ1) is 21.4. The van der Waals surface area contributed by atoms with Crippen molar-refractivity contribution >= 4 is 51.9 Å². The number of carbonyl (C=O) groups is 1. The summed E-state index contributed by atoms with van der Waals surface area (Å²) in [6.45, 7) is 1.26. The van der Waals surface area contributed by atoms with Gasteiger partial charge in [-0.05, 0) is 43.2 Å². The second kappa shape index (κ2) is 9.19. The number of rotatable bonds is 5. The van der Waals surface area contributed by atoms with E-state index in [1.165, 1.54) is 11.8 Å². The highest BCUT2D eigenvalue weighted by Crippen LogP contribution is 2.35. The minimum absolute atomic E-state index is 0.0577. The predicted octanol–water partition coefficient (Wildman–Crippen LogP) is 5.57. The zero-order chi connectivity index (χ0) is 22.1. The Labute approximate surface area is 201 Å². The molecule has 0 unspecified atom stereocenters. The summed E-state index contributed by atoms with van der Waals surface area (Å²) in [5.74, 6) is -0.0787. The van der Waals surface area contributed by atoms with Crippen LogP contribution in [-0.2, 0) is 9.53 Å². The molecule has 5 nitrogen and oxygen atoms in total. The van der Waals surface area contributed by atoms with Gasteiger partial charge >= 0.3 is 0 Å². The fourth-order valence-corrected chi connectivity index (χ4v) is 5.22. The zero-order valence-electron chi connectivity index (χ0n) is 17.1. The second-order valence-corrected chi connectivity index (χ2v) is 9.76. The number of hydrogen-bond donors (Lipinski definition) is 0. The molecule has 2 saturated heterocycles. The lowest BCUT2D eigenvalue weighted by atomic mass is 10.1. The van der Waals surface area contributed by atoms with E-state index in [1.54, 1.807) is 4.90 Å². The van der Waals surface area contributed by atoms with Gasteiger partial charge in [-0.2, -0.15) is 5.10 Å². The summed E-state index contributed by atoms with van der Waals surface area (Å²) in [4.78, 5) is 15.4. The molecule has 2 aliphatic rings. The molecule has 0 aliphatic carbocycles. The number of para-hydroxylation sites is 1. The maximum Gasteiger partial charge on any atom is 0.266 e. The summed E-state index contributed by atoms with van der Waals surface area (Å²) < 4.78 is 8.09. The Hall–Kier alpha value is -2.45. The largest absolute Gasteiger partial charge is 0.376 e. The van der Waals surface area contributed by atoms with Gasteiger partial charge in [-0.15, -0.1) is 0 Å². The lowest BCUT2D eigenvalue weighted by molar-refractivity contribution is -0.123. The summed E-state index contributed by atoms with van der Waals surface area (Å²) in [6, 6.07) is 17.4. The van der Waals surface area contributed by atoms with Crippen LogP contribution in [0.5, 0.6) is 0 Å². The van der Waals surface area contributed by atoms with E-state index >= 15 is 0 Å². The molecular weight excluding hydrogens is 462 g/mol. The molecule has 0 bridgehead atoms. The lowest BCUT2D eigenvalue weighted by Gasteiger charge is -2.18. The molecule has 162 valence electrons. The Bertz CT molecular complexity index is 1190. The molecule has 2 aliphatic heterocycles. The number of ether oxygens (including phenoxy) is 1. The molecule has 1 atom stereocenters. The Balaban J connectivity index is 1.51. The Kier molecular flexibility index (Phi) is 6.15. The molecule has 32 heavy (non-hydrogen) atoms. The monoisotopic (exact) mass is 481 g/mol. The van der Waals surface area contributed by atoms with Crippen molar-refractivity contribution in [1.82, 2.24) is 14.7 Å². The van der Waals surface area contributed by atoms with Crippen LogP contribution in [0.4, 0.5) is 0 Å². The molecule has 0 radical (unpaired) electrons. The number of benzene rings is 2. The normalized spacial score (nSPS) is 20.0. The first-order valence-electron chi connectivity index (χ1n) is 10.4. The van der Waals surface area contributed by atoms with Crippen molar-refractivity contribution in [3.63, 3.8) is 0 Å². The Morgan fingerprint density at radius 2 is 1.97 bits per heavy atom. The fraction of sp³-hybridized carbons (Fsp3) is 0.208. The zero-order valence-corrected chi connectivity index (χ0v) is 19.5. The van der Waals surface area contributed by atoms with Crippen molar-refractivity contribution < 1.29 is 9.53 Å². The van der Waals surface area contributed by atoms with Gasteiger partial charge in [0.25, 0.3) is 5.91 Å². The van der Waals surface area contributed by atoms with Crippen molar-refractivity contribution in [2.45, 2.75) is 18.9 Å². The molecule has 3 aromatic rings. The average molecular weight is 482 g/mol. The van der Waals surface area contributed by atoms with Crippen molar-refractivity contribution in [3.8, 4) is 16.9 Å². The van der Waals surface area contributed by atoms with Crippen molar-refractivity contribution in [1.29, 1.82) is 0 Å². The van der Waals surface area contributed by atoms with Crippen LogP contribution in [-0.4, -0.2) is 44.2 Å². The van der Waals surface area contributed by atoms with Crippen LogP contribution in [0.2, 0.25) is 5.02 Å². The van der Waals surface area contributed by atoms with E-state index in [0.717, 1.165) is 42.0 Å². The molecule has 3 heterocycles. The van der Waals surface area contributed by atoms with Crippen molar-refractivity contribution in [2.24, 2.45) is 0 Å². The summed E-state index contributed by atoms with van der Waals surface area (Å²) in [7, 11) is 0. The quantitative estimate of drug-likeness (QED) is 0.352. The van der Waals surface area contributed by atoms with Gasteiger partial charge in [0, 0.05) is 29.0 Å². The second-order valence-electron chi connectivity index (χ2n) is 7.65. The minimum atomic E-state index is -0.0787. The molecule has 1 amide bonds. The van der Waals surface area contributed by atoms with Crippen LogP contribution in [0.3, 0.4) is 0 Å². The molecule has 0 spiro atoms. The van der Waals surface area contributed by atoms with E-state index in [1.807, 2.05) is 71.6 Å². The molecular formula is C24H20ClN3O2S2. The molecule has 0 saturated carbocycles. The molecule has 1 aromatic heterocycles. The smallest absolute Gasteiger partial charge is 0.266 e. The van der Waals surface area contributed by atoms with Crippen molar-refractivity contribution in [2.75, 3.05) is 13.2 Å². The molecule has 2 fully saturated rings. The third-order valence-electron chi connectivity index (χ3n) is 5.45. The van der Waals surface area contributed by atoms with Crippen LogP contribution in [0.1, 0.15) is 18.4 Å². The minimum Gasteiger partial charge on any atom is -0.376 e. The highest BCUT2D eigenvalue weighted by Gasteiger charge is 2.35. The van der Waals surface area contributed by atoms with E-state index < -0.39 is 0 Å². The van der Waals surface area contributed by atoms with Gasteiger partial charge in [-0.3, -0.25) is 9.69 Å². The number of amides is 1.